The fourth-order valence-corrected chi connectivity index (χ4v) is 3.10. The molecule has 0 aromatic heterocycles. The molecule has 0 aromatic rings. The van der Waals surface area contributed by atoms with Crippen LogP contribution in [-0.4, -0.2) is 31.0 Å². The summed E-state index contributed by atoms with van der Waals surface area (Å²) in [6, 6.07) is 0. The first-order valence-electron chi connectivity index (χ1n) is 6.26. The molecule has 0 bridgehead atoms. The van der Waals surface area contributed by atoms with Crippen LogP contribution in [0.15, 0.2) is 0 Å². The van der Waals surface area contributed by atoms with E-state index in [9.17, 15) is 4.79 Å². The molecule has 2 unspecified atom stereocenters. The maximum Gasteiger partial charge on any atom is 0.223 e. The van der Waals surface area contributed by atoms with Gasteiger partial charge in [-0.15, -0.1) is 0 Å². The van der Waals surface area contributed by atoms with E-state index in [-0.39, 0.29) is 5.91 Å². The first-order valence-corrected chi connectivity index (χ1v) is 7.38. The molecule has 16 heavy (non-hydrogen) atoms. The van der Waals surface area contributed by atoms with E-state index >= 15 is 0 Å². The topological polar surface area (TPSA) is 38.3 Å². The molecule has 1 N–H and O–H groups in total. The van der Waals surface area contributed by atoms with Crippen molar-refractivity contribution >= 4 is 21.8 Å². The van der Waals surface area contributed by atoms with Gasteiger partial charge in [0.25, 0.3) is 0 Å². The summed E-state index contributed by atoms with van der Waals surface area (Å²) < 4.78 is 5.32. The summed E-state index contributed by atoms with van der Waals surface area (Å²) in [6.07, 6.45) is 4.80. The van der Waals surface area contributed by atoms with Crippen LogP contribution in [0.25, 0.3) is 0 Å². The van der Waals surface area contributed by atoms with Crippen molar-refractivity contribution in [2.75, 3.05) is 25.1 Å². The smallest absolute Gasteiger partial charge is 0.223 e. The minimum atomic E-state index is 0.287. The number of ether oxygens (including phenoxy) is 1. The van der Waals surface area contributed by atoms with E-state index in [1.807, 2.05) is 0 Å². The highest BCUT2D eigenvalue weighted by Crippen LogP contribution is 2.57. The summed E-state index contributed by atoms with van der Waals surface area (Å²) in [4.78, 5) is 11.7. The molecule has 0 heterocycles. The molecular weight excluding hydrogens is 270 g/mol. The van der Waals surface area contributed by atoms with E-state index in [0.29, 0.717) is 5.92 Å². The molecule has 2 aliphatic carbocycles. The molecular formula is C12H20BrNO2. The Morgan fingerprint density at radius 1 is 1.31 bits per heavy atom. The SMILES string of the molecule is O=C(NCCCOCCBr)C1C2CCCC21. The zero-order valence-electron chi connectivity index (χ0n) is 9.58. The number of carbonyl (C=O) groups is 1. The predicted octanol–water partition coefficient (Wildman–Crippen LogP) is 1.95. The number of hydrogen-bond acceptors (Lipinski definition) is 2. The summed E-state index contributed by atoms with van der Waals surface area (Å²) in [5.41, 5.74) is 0. The molecule has 1 amide bonds. The molecule has 92 valence electrons. The van der Waals surface area contributed by atoms with Crippen LogP contribution in [0.4, 0.5) is 0 Å². The van der Waals surface area contributed by atoms with E-state index in [1.165, 1.54) is 19.3 Å². The second kappa shape index (κ2) is 6.01. The van der Waals surface area contributed by atoms with Gasteiger partial charge in [-0.25, -0.2) is 0 Å². The van der Waals surface area contributed by atoms with Crippen LogP contribution < -0.4 is 5.32 Å². The lowest BCUT2D eigenvalue weighted by Gasteiger charge is -2.06. The monoisotopic (exact) mass is 289 g/mol. The molecule has 2 fully saturated rings. The van der Waals surface area contributed by atoms with Gasteiger partial charge in [0.05, 0.1) is 6.61 Å². The fourth-order valence-electron chi connectivity index (χ4n) is 2.87. The van der Waals surface area contributed by atoms with Crippen molar-refractivity contribution in [1.29, 1.82) is 0 Å². The molecule has 0 radical (unpaired) electrons. The van der Waals surface area contributed by atoms with Crippen molar-refractivity contribution in [2.24, 2.45) is 17.8 Å². The van der Waals surface area contributed by atoms with Crippen LogP contribution in [0.1, 0.15) is 25.7 Å². The van der Waals surface area contributed by atoms with Crippen LogP contribution in [0, 0.1) is 17.8 Å². The van der Waals surface area contributed by atoms with Crippen molar-refractivity contribution in [1.82, 2.24) is 5.32 Å². The first kappa shape index (κ1) is 12.4. The molecule has 0 aliphatic heterocycles. The van der Waals surface area contributed by atoms with Crippen LogP contribution >= 0.6 is 15.9 Å². The van der Waals surface area contributed by atoms with Gasteiger partial charge in [-0.2, -0.15) is 0 Å². The van der Waals surface area contributed by atoms with E-state index in [0.717, 1.165) is 43.3 Å². The van der Waals surface area contributed by atoms with Crippen LogP contribution in [-0.2, 0) is 9.53 Å². The van der Waals surface area contributed by atoms with E-state index < -0.39 is 0 Å². The Bertz CT molecular complexity index is 237. The molecule has 0 spiro atoms. The quantitative estimate of drug-likeness (QED) is 0.575. The van der Waals surface area contributed by atoms with Gasteiger partial charge in [0.15, 0.2) is 0 Å². The van der Waals surface area contributed by atoms with Gasteiger partial charge in [0.1, 0.15) is 0 Å². The second-order valence-electron chi connectivity index (χ2n) is 4.73. The average molecular weight is 290 g/mol. The highest BCUT2D eigenvalue weighted by atomic mass is 79.9. The van der Waals surface area contributed by atoms with Gasteiger partial charge < -0.3 is 10.1 Å². The third-order valence-corrected chi connectivity index (χ3v) is 4.02. The Balaban J connectivity index is 1.49. The standard InChI is InChI=1S/C12H20BrNO2/c13-5-8-16-7-2-6-14-12(15)11-9-3-1-4-10(9)11/h9-11H,1-8H2,(H,14,15). The number of nitrogens with one attached hydrogen (secondary N) is 1. The van der Waals surface area contributed by atoms with Crippen LogP contribution in [0.3, 0.4) is 0 Å². The second-order valence-corrected chi connectivity index (χ2v) is 5.52. The molecule has 2 saturated carbocycles. The van der Waals surface area contributed by atoms with Gasteiger partial charge in [0, 0.05) is 24.4 Å². The summed E-state index contributed by atoms with van der Waals surface area (Å²) >= 11 is 3.30. The predicted molar refractivity (Wildman–Crippen MR) is 66.6 cm³/mol. The molecule has 2 atom stereocenters. The lowest BCUT2D eigenvalue weighted by Crippen LogP contribution is -2.28. The summed E-state index contributed by atoms with van der Waals surface area (Å²) in [5.74, 6) is 2.10. The normalized spacial score (nSPS) is 31.2. The largest absolute Gasteiger partial charge is 0.381 e. The van der Waals surface area contributed by atoms with Gasteiger partial charge in [-0.3, -0.25) is 4.79 Å². The van der Waals surface area contributed by atoms with Gasteiger partial charge in [-0.1, -0.05) is 22.4 Å². The van der Waals surface area contributed by atoms with E-state index in [1.54, 1.807) is 0 Å². The summed E-state index contributed by atoms with van der Waals surface area (Å²) in [6.45, 7) is 2.25. The number of amides is 1. The van der Waals surface area contributed by atoms with Crippen LogP contribution in [0.5, 0.6) is 0 Å². The minimum absolute atomic E-state index is 0.287. The Morgan fingerprint density at radius 2 is 2.06 bits per heavy atom. The zero-order chi connectivity index (χ0) is 11.4. The van der Waals surface area contributed by atoms with Crippen LogP contribution in [0.2, 0.25) is 0 Å². The average Bonchev–Trinajstić information content (AvgIpc) is 2.77. The maximum atomic E-state index is 11.7. The van der Waals surface area contributed by atoms with Crippen molar-refractivity contribution in [2.45, 2.75) is 25.7 Å². The Kier molecular flexibility index (Phi) is 4.65. The lowest BCUT2D eigenvalue weighted by molar-refractivity contribution is -0.123. The lowest BCUT2D eigenvalue weighted by atomic mass is 10.1. The Morgan fingerprint density at radius 3 is 2.75 bits per heavy atom. The number of carbonyl (C=O) groups excluding carboxylic acids is 1. The number of alkyl halides is 1. The fraction of sp³-hybridized carbons (Fsp3) is 0.917. The Hall–Kier alpha value is -0.0900. The Labute approximate surface area is 105 Å². The molecule has 4 heteroatoms. The van der Waals surface area contributed by atoms with Crippen molar-refractivity contribution in [3.63, 3.8) is 0 Å². The summed E-state index contributed by atoms with van der Waals surface area (Å²) in [5, 5.41) is 3.90. The van der Waals surface area contributed by atoms with Gasteiger partial charge in [0.2, 0.25) is 5.91 Å². The third-order valence-electron chi connectivity index (χ3n) is 3.70. The molecule has 0 aromatic carbocycles. The molecule has 2 aliphatic rings. The van der Waals surface area contributed by atoms with E-state index in [4.69, 9.17) is 4.74 Å². The van der Waals surface area contributed by atoms with Crippen molar-refractivity contribution < 1.29 is 9.53 Å². The number of rotatable bonds is 7. The zero-order valence-corrected chi connectivity index (χ0v) is 11.2. The van der Waals surface area contributed by atoms with Gasteiger partial charge in [-0.05, 0) is 31.1 Å². The summed E-state index contributed by atoms with van der Waals surface area (Å²) in [7, 11) is 0. The highest BCUT2D eigenvalue weighted by molar-refractivity contribution is 9.09. The number of fused-ring (bicyclic) bond motifs is 1. The molecule has 2 rings (SSSR count). The molecule has 0 saturated heterocycles. The van der Waals surface area contributed by atoms with Crippen molar-refractivity contribution in [3.05, 3.63) is 0 Å². The van der Waals surface area contributed by atoms with E-state index in [2.05, 4.69) is 21.2 Å². The first-order chi connectivity index (χ1) is 7.84. The van der Waals surface area contributed by atoms with Gasteiger partial charge >= 0.3 is 0 Å². The van der Waals surface area contributed by atoms with Crippen molar-refractivity contribution in [3.8, 4) is 0 Å². The number of hydrogen-bond donors (Lipinski definition) is 1. The highest BCUT2D eigenvalue weighted by Gasteiger charge is 2.56. The minimum Gasteiger partial charge on any atom is -0.381 e. The number of halogens is 1. The maximum absolute atomic E-state index is 11.7. The third kappa shape index (κ3) is 2.98. The molecule has 3 nitrogen and oxygen atoms in total.